The molecule has 0 aliphatic heterocycles. The highest BCUT2D eigenvalue weighted by Gasteiger charge is 2.20. The fourth-order valence-corrected chi connectivity index (χ4v) is 4.03. The molecule has 0 saturated carbocycles. The largest absolute Gasteiger partial charge is 0.354 e. The Hall–Kier alpha value is -2.26. The average Bonchev–Trinajstić information content (AvgIpc) is 2.87. The molecule has 0 aliphatic carbocycles. The van der Waals surface area contributed by atoms with Gasteiger partial charge in [-0.25, -0.2) is 18.5 Å². The molecule has 2 amide bonds. The van der Waals surface area contributed by atoms with Crippen LogP contribution in [0.3, 0.4) is 0 Å². The molecule has 0 fully saturated rings. The number of amides is 2. The van der Waals surface area contributed by atoms with Crippen molar-refractivity contribution >= 4 is 21.6 Å². The molecule has 1 aromatic heterocycles. The Kier molecular flexibility index (Phi) is 6.06. The van der Waals surface area contributed by atoms with Crippen LogP contribution in [0.15, 0.2) is 27.6 Å². The Bertz CT molecular complexity index is 959. The summed E-state index contributed by atoms with van der Waals surface area (Å²) in [6, 6.07) is 1.93. The number of carbonyl (C=O) groups is 1. The third-order valence-electron chi connectivity index (χ3n) is 4.14. The van der Waals surface area contributed by atoms with Crippen LogP contribution in [0.2, 0.25) is 0 Å². The molecule has 3 N–H and O–H groups in total. The number of urea groups is 1. The minimum atomic E-state index is -3.46. The van der Waals surface area contributed by atoms with Gasteiger partial charge in [-0.3, -0.25) is 4.68 Å². The van der Waals surface area contributed by atoms with Crippen LogP contribution in [0.4, 0.5) is 14.9 Å². The van der Waals surface area contributed by atoms with Gasteiger partial charge in [0.2, 0.25) is 0 Å². The Labute approximate surface area is 159 Å². The molecule has 1 aromatic carbocycles. The predicted molar refractivity (Wildman–Crippen MR) is 105 cm³/mol. The van der Waals surface area contributed by atoms with Crippen molar-refractivity contribution in [3.63, 3.8) is 0 Å². The summed E-state index contributed by atoms with van der Waals surface area (Å²) in [5, 5.41) is 12.6. The second-order valence-electron chi connectivity index (χ2n) is 7.11. The number of nitrogens with zero attached hydrogens (tertiary/aromatic N) is 3. The summed E-state index contributed by atoms with van der Waals surface area (Å²) in [5.41, 5.74) is 2.20. The van der Waals surface area contributed by atoms with Gasteiger partial charge >= 0.3 is 6.03 Å². The van der Waals surface area contributed by atoms with Crippen LogP contribution in [-0.2, 0) is 17.0 Å². The molecular formula is C18H26FN5O2S. The second kappa shape index (κ2) is 7.77. The number of benzene rings is 1. The van der Waals surface area contributed by atoms with Crippen LogP contribution in [0.1, 0.15) is 56.4 Å². The van der Waals surface area contributed by atoms with Gasteiger partial charge in [0.25, 0.3) is 0 Å². The fraction of sp³-hybridized carbons (Fsp3) is 0.444. The summed E-state index contributed by atoms with van der Waals surface area (Å²) in [4.78, 5) is 12.7. The van der Waals surface area contributed by atoms with E-state index in [1.165, 1.54) is 23.0 Å². The summed E-state index contributed by atoms with van der Waals surface area (Å²) in [6.07, 6.45) is 1.48. The van der Waals surface area contributed by atoms with Gasteiger partial charge in [0.1, 0.15) is 20.6 Å². The number of rotatable bonds is 4. The summed E-state index contributed by atoms with van der Waals surface area (Å²) >= 11 is 0. The zero-order chi connectivity index (χ0) is 20.5. The SMILES string of the molecule is Cc1nn(C)cc1S(N)(=O)=NC(=O)Nc1c(C(C)C)cc(F)cc1C(C)C. The van der Waals surface area contributed by atoms with Crippen LogP contribution < -0.4 is 10.5 Å². The quantitative estimate of drug-likeness (QED) is 0.816. The van der Waals surface area contributed by atoms with Gasteiger partial charge in [0.05, 0.1) is 5.69 Å². The molecule has 0 saturated heterocycles. The number of hydrogen-bond acceptors (Lipinski definition) is 3. The Morgan fingerprint density at radius 1 is 1.26 bits per heavy atom. The zero-order valence-electron chi connectivity index (χ0n) is 16.4. The molecule has 1 atom stereocenters. The van der Waals surface area contributed by atoms with Crippen molar-refractivity contribution in [3.8, 4) is 0 Å². The first-order chi connectivity index (χ1) is 12.4. The van der Waals surface area contributed by atoms with Gasteiger partial charge in [0.15, 0.2) is 0 Å². The van der Waals surface area contributed by atoms with Crippen LogP contribution in [-0.4, -0.2) is 20.0 Å². The highest BCUT2D eigenvalue weighted by atomic mass is 32.2. The lowest BCUT2D eigenvalue weighted by atomic mass is 9.92. The first kappa shape index (κ1) is 21.0. The molecule has 1 heterocycles. The number of aromatic nitrogens is 2. The molecule has 0 spiro atoms. The van der Waals surface area contributed by atoms with E-state index < -0.39 is 15.9 Å². The maximum absolute atomic E-state index is 14.0. The van der Waals surface area contributed by atoms with Crippen LogP contribution >= 0.6 is 0 Å². The summed E-state index contributed by atoms with van der Waals surface area (Å²) < 4.78 is 31.9. The number of hydrogen-bond donors (Lipinski definition) is 2. The lowest BCUT2D eigenvalue weighted by Crippen LogP contribution is -2.19. The molecule has 1 unspecified atom stereocenters. The van der Waals surface area contributed by atoms with Gasteiger partial charge in [-0.05, 0) is 42.0 Å². The Morgan fingerprint density at radius 2 is 1.78 bits per heavy atom. The summed E-state index contributed by atoms with van der Waals surface area (Å²) in [7, 11) is -1.80. The van der Waals surface area contributed by atoms with Crippen molar-refractivity contribution < 1.29 is 13.4 Å². The first-order valence-electron chi connectivity index (χ1n) is 8.61. The lowest BCUT2D eigenvalue weighted by Gasteiger charge is -2.19. The minimum absolute atomic E-state index is 0.0312. The van der Waals surface area contributed by atoms with Gasteiger partial charge in [-0.15, -0.1) is 4.36 Å². The fourth-order valence-electron chi connectivity index (χ4n) is 2.87. The lowest BCUT2D eigenvalue weighted by molar-refractivity contribution is 0.260. The van der Waals surface area contributed by atoms with Gasteiger partial charge in [-0.2, -0.15) is 5.10 Å². The third-order valence-corrected chi connectivity index (χ3v) is 5.61. The molecule has 7 nitrogen and oxygen atoms in total. The van der Waals surface area contributed by atoms with E-state index >= 15 is 0 Å². The smallest absolute Gasteiger partial charge is 0.305 e. The summed E-state index contributed by atoms with van der Waals surface area (Å²) in [5.74, 6) is -0.432. The van der Waals surface area contributed by atoms with Crippen molar-refractivity contribution in [3.05, 3.63) is 41.0 Å². The molecule has 2 rings (SSSR count). The number of halogens is 1. The number of nitrogens with two attached hydrogens (primary N) is 1. The van der Waals surface area contributed by atoms with Crippen molar-refractivity contribution in [1.29, 1.82) is 0 Å². The highest BCUT2D eigenvalue weighted by Crippen LogP contribution is 2.33. The van der Waals surface area contributed by atoms with Crippen molar-refractivity contribution in [2.45, 2.75) is 51.3 Å². The van der Waals surface area contributed by atoms with Crippen LogP contribution in [0, 0.1) is 12.7 Å². The molecule has 27 heavy (non-hydrogen) atoms. The van der Waals surface area contributed by atoms with Crippen molar-refractivity contribution in [1.82, 2.24) is 9.78 Å². The van der Waals surface area contributed by atoms with E-state index in [0.717, 1.165) is 0 Å². The molecular weight excluding hydrogens is 369 g/mol. The van der Waals surface area contributed by atoms with Gasteiger partial charge < -0.3 is 5.32 Å². The Balaban J connectivity index is 2.49. The number of anilines is 1. The van der Waals surface area contributed by atoms with E-state index in [1.807, 2.05) is 27.7 Å². The third kappa shape index (κ3) is 4.72. The van der Waals surface area contributed by atoms with Crippen LogP contribution in [0.25, 0.3) is 0 Å². The standard InChI is InChI=1S/C18H26FN5O2S/c1-10(2)14-7-13(19)8-15(11(3)4)17(14)21-18(25)23-27(20,26)16-9-24(6)22-12(16)5/h7-11H,1-6H3,(H3,20,21,23,25,26). The molecule has 0 bridgehead atoms. The topological polar surface area (TPSA) is 102 Å². The van der Waals surface area contributed by atoms with E-state index in [1.54, 1.807) is 14.0 Å². The minimum Gasteiger partial charge on any atom is -0.305 e. The Morgan fingerprint density at radius 3 is 2.19 bits per heavy atom. The van der Waals surface area contributed by atoms with E-state index in [4.69, 9.17) is 5.14 Å². The van der Waals surface area contributed by atoms with E-state index in [2.05, 4.69) is 14.8 Å². The molecule has 2 aromatic rings. The monoisotopic (exact) mass is 395 g/mol. The zero-order valence-corrected chi connectivity index (χ0v) is 17.2. The van der Waals surface area contributed by atoms with Gasteiger partial charge in [0, 0.05) is 18.9 Å². The predicted octanol–water partition coefficient (Wildman–Crippen LogP) is 4.05. The molecule has 148 valence electrons. The van der Waals surface area contributed by atoms with E-state index in [9.17, 15) is 13.4 Å². The van der Waals surface area contributed by atoms with Gasteiger partial charge in [-0.1, -0.05) is 27.7 Å². The number of aryl methyl sites for hydroxylation is 2. The normalized spacial score (nSPS) is 13.7. The average molecular weight is 396 g/mol. The summed E-state index contributed by atoms with van der Waals surface area (Å²) in [6.45, 7) is 9.24. The number of carbonyl (C=O) groups excluding carboxylic acids is 1. The molecule has 0 aliphatic rings. The maximum atomic E-state index is 14.0. The van der Waals surface area contributed by atoms with Crippen LogP contribution in [0.5, 0.6) is 0 Å². The second-order valence-corrected chi connectivity index (χ2v) is 8.87. The maximum Gasteiger partial charge on any atom is 0.354 e. The van der Waals surface area contributed by atoms with Crippen molar-refractivity contribution in [2.24, 2.45) is 16.5 Å². The molecule has 0 radical (unpaired) electrons. The van der Waals surface area contributed by atoms with E-state index in [-0.39, 0.29) is 22.5 Å². The molecule has 9 heteroatoms. The first-order valence-corrected chi connectivity index (χ1v) is 10.2. The van der Waals surface area contributed by atoms with Crippen molar-refractivity contribution in [2.75, 3.05) is 5.32 Å². The highest BCUT2D eigenvalue weighted by molar-refractivity contribution is 7.91. The number of nitrogens with one attached hydrogen (secondary N) is 1. The van der Waals surface area contributed by atoms with E-state index in [0.29, 0.717) is 22.5 Å².